The number of nitrogens with zero attached hydrogens (tertiary/aromatic N) is 1. The molecule has 3 rings (SSSR count). The smallest absolute Gasteiger partial charge is 0.269 e. The number of aryl methyl sites for hydroxylation is 1. The maximum absolute atomic E-state index is 12.4. The van der Waals surface area contributed by atoms with Gasteiger partial charge >= 0.3 is 0 Å². The van der Waals surface area contributed by atoms with E-state index in [9.17, 15) is 4.79 Å². The van der Waals surface area contributed by atoms with Crippen LogP contribution in [0.2, 0.25) is 0 Å². The summed E-state index contributed by atoms with van der Waals surface area (Å²) in [4.78, 5) is 16.6. The molecule has 1 amide bonds. The molecule has 0 aliphatic rings. The zero-order valence-corrected chi connectivity index (χ0v) is 16.6. The van der Waals surface area contributed by atoms with Gasteiger partial charge in [0.2, 0.25) is 0 Å². The number of amides is 1. The second-order valence-corrected chi connectivity index (χ2v) is 6.47. The van der Waals surface area contributed by atoms with E-state index in [1.165, 1.54) is 5.56 Å². The van der Waals surface area contributed by atoms with Gasteiger partial charge in [-0.3, -0.25) is 9.78 Å². The number of ether oxygens (including phenoxy) is 2. The first-order valence-electron chi connectivity index (χ1n) is 9.47. The molecule has 6 heteroatoms. The Morgan fingerprint density at radius 2 is 1.83 bits per heavy atom. The van der Waals surface area contributed by atoms with Crippen molar-refractivity contribution in [3.05, 3.63) is 78.1 Å². The molecule has 1 heterocycles. The molecule has 0 radical (unpaired) electrons. The molecular weight excluding hydrogens is 366 g/mol. The molecule has 6 nitrogen and oxygen atoms in total. The van der Waals surface area contributed by atoms with Gasteiger partial charge in [0.15, 0.2) is 0 Å². The maximum Gasteiger partial charge on any atom is 0.269 e. The highest BCUT2D eigenvalue weighted by molar-refractivity contribution is 5.93. The number of benzene rings is 2. The molecule has 2 aromatic carbocycles. The molecule has 0 fully saturated rings. The van der Waals surface area contributed by atoms with E-state index in [0.717, 1.165) is 24.2 Å². The fourth-order valence-electron chi connectivity index (χ4n) is 2.92. The molecule has 0 saturated carbocycles. The van der Waals surface area contributed by atoms with Gasteiger partial charge in [0.1, 0.15) is 17.2 Å². The summed E-state index contributed by atoms with van der Waals surface area (Å²) in [6.07, 6.45) is 3.40. The zero-order chi connectivity index (χ0) is 20.5. The Morgan fingerprint density at radius 1 is 1.00 bits per heavy atom. The highest BCUT2D eigenvalue weighted by Gasteiger charge is 2.10. The van der Waals surface area contributed by atoms with Crippen LogP contribution in [-0.2, 0) is 6.42 Å². The van der Waals surface area contributed by atoms with Gasteiger partial charge in [-0.15, -0.1) is 0 Å². The summed E-state index contributed by atoms with van der Waals surface area (Å²) >= 11 is 0. The third-order valence-corrected chi connectivity index (χ3v) is 4.45. The molecular formula is C23H25N3O3. The largest absolute Gasteiger partial charge is 0.497 e. The number of hydrogen-bond donors (Lipinski definition) is 2. The summed E-state index contributed by atoms with van der Waals surface area (Å²) in [5.74, 6) is 1.16. The lowest BCUT2D eigenvalue weighted by molar-refractivity contribution is 0.0948. The van der Waals surface area contributed by atoms with Crippen LogP contribution in [0.25, 0.3) is 0 Å². The van der Waals surface area contributed by atoms with E-state index in [4.69, 9.17) is 9.47 Å². The number of carbonyl (C=O) groups is 1. The van der Waals surface area contributed by atoms with E-state index in [-0.39, 0.29) is 5.91 Å². The Hall–Kier alpha value is -3.54. The van der Waals surface area contributed by atoms with Crippen LogP contribution in [0.1, 0.15) is 22.5 Å². The topological polar surface area (TPSA) is 72.5 Å². The molecule has 0 aliphatic carbocycles. The fourth-order valence-corrected chi connectivity index (χ4v) is 2.92. The molecule has 3 aromatic rings. The molecule has 0 unspecified atom stereocenters. The molecule has 29 heavy (non-hydrogen) atoms. The Labute approximate surface area is 170 Å². The first-order chi connectivity index (χ1) is 14.2. The van der Waals surface area contributed by atoms with Crippen LogP contribution in [-0.4, -0.2) is 31.7 Å². The van der Waals surface area contributed by atoms with E-state index in [1.807, 2.05) is 30.3 Å². The summed E-state index contributed by atoms with van der Waals surface area (Å²) in [6, 6.07) is 19.2. The van der Waals surface area contributed by atoms with Gasteiger partial charge in [0.05, 0.1) is 19.9 Å². The van der Waals surface area contributed by atoms with Crippen molar-refractivity contribution in [2.45, 2.75) is 12.8 Å². The van der Waals surface area contributed by atoms with Crippen LogP contribution in [0.15, 0.2) is 66.9 Å². The minimum Gasteiger partial charge on any atom is -0.497 e. The van der Waals surface area contributed by atoms with Crippen molar-refractivity contribution in [1.82, 2.24) is 10.3 Å². The van der Waals surface area contributed by atoms with E-state index >= 15 is 0 Å². The number of hydrogen-bond acceptors (Lipinski definition) is 5. The van der Waals surface area contributed by atoms with Crippen molar-refractivity contribution in [3.63, 3.8) is 0 Å². The van der Waals surface area contributed by atoms with Crippen molar-refractivity contribution in [3.8, 4) is 11.5 Å². The van der Waals surface area contributed by atoms with E-state index in [1.54, 1.807) is 38.6 Å². The molecule has 0 spiro atoms. The molecule has 0 aliphatic heterocycles. The average Bonchev–Trinajstić information content (AvgIpc) is 2.77. The van der Waals surface area contributed by atoms with Crippen molar-refractivity contribution < 1.29 is 14.3 Å². The Balaban J connectivity index is 1.58. The zero-order valence-electron chi connectivity index (χ0n) is 16.6. The lowest BCUT2D eigenvalue weighted by Gasteiger charge is -2.13. The quantitative estimate of drug-likeness (QED) is 0.535. The lowest BCUT2D eigenvalue weighted by Crippen LogP contribution is -2.25. The van der Waals surface area contributed by atoms with Crippen molar-refractivity contribution in [2.75, 3.05) is 26.1 Å². The SMILES string of the molecule is COc1ccc(Nc2ccnc(C(=O)NCCCc3ccccc3)c2)c(OC)c1. The summed E-state index contributed by atoms with van der Waals surface area (Å²) in [7, 11) is 3.20. The fraction of sp³-hybridized carbons (Fsp3) is 0.217. The summed E-state index contributed by atoms with van der Waals surface area (Å²) in [5.41, 5.74) is 3.15. The van der Waals surface area contributed by atoms with E-state index < -0.39 is 0 Å². The van der Waals surface area contributed by atoms with Gasteiger partial charge in [0.25, 0.3) is 5.91 Å². The first kappa shape index (κ1) is 20.2. The summed E-state index contributed by atoms with van der Waals surface area (Å²) in [6.45, 7) is 0.597. The highest BCUT2D eigenvalue weighted by atomic mass is 16.5. The van der Waals surface area contributed by atoms with Crippen LogP contribution >= 0.6 is 0 Å². The molecule has 150 valence electrons. The summed E-state index contributed by atoms with van der Waals surface area (Å²) in [5, 5.41) is 6.19. The first-order valence-corrected chi connectivity index (χ1v) is 9.47. The molecule has 0 atom stereocenters. The average molecular weight is 391 g/mol. The highest BCUT2D eigenvalue weighted by Crippen LogP contribution is 2.31. The Bertz CT molecular complexity index is 945. The van der Waals surface area contributed by atoms with E-state index in [2.05, 4.69) is 27.8 Å². The van der Waals surface area contributed by atoms with Gasteiger partial charge in [-0.2, -0.15) is 0 Å². The van der Waals surface area contributed by atoms with Crippen molar-refractivity contribution >= 4 is 17.3 Å². The number of nitrogens with one attached hydrogen (secondary N) is 2. The molecule has 1 aromatic heterocycles. The minimum absolute atomic E-state index is 0.191. The van der Waals surface area contributed by atoms with Crippen molar-refractivity contribution in [1.29, 1.82) is 0 Å². The maximum atomic E-state index is 12.4. The van der Waals surface area contributed by atoms with Gasteiger partial charge in [-0.05, 0) is 42.7 Å². The molecule has 2 N–H and O–H groups in total. The number of carbonyl (C=O) groups excluding carboxylic acids is 1. The number of rotatable bonds is 9. The van der Waals surface area contributed by atoms with E-state index in [0.29, 0.717) is 23.7 Å². The normalized spacial score (nSPS) is 10.3. The Morgan fingerprint density at radius 3 is 2.59 bits per heavy atom. The van der Waals surface area contributed by atoms with Crippen LogP contribution in [0.5, 0.6) is 11.5 Å². The predicted octanol–water partition coefficient (Wildman–Crippen LogP) is 4.21. The number of aromatic nitrogens is 1. The van der Waals surface area contributed by atoms with Crippen LogP contribution < -0.4 is 20.1 Å². The summed E-state index contributed by atoms with van der Waals surface area (Å²) < 4.78 is 10.6. The van der Waals surface area contributed by atoms with Crippen LogP contribution in [0, 0.1) is 0 Å². The number of pyridine rings is 1. The second kappa shape index (κ2) is 10.1. The van der Waals surface area contributed by atoms with Gasteiger partial charge in [-0.25, -0.2) is 0 Å². The van der Waals surface area contributed by atoms with Gasteiger partial charge in [0, 0.05) is 24.5 Å². The van der Waals surface area contributed by atoms with Gasteiger partial charge < -0.3 is 20.1 Å². The molecule has 0 bridgehead atoms. The predicted molar refractivity (Wildman–Crippen MR) is 114 cm³/mol. The number of methoxy groups -OCH3 is 2. The van der Waals surface area contributed by atoms with Crippen LogP contribution in [0.3, 0.4) is 0 Å². The van der Waals surface area contributed by atoms with Gasteiger partial charge in [-0.1, -0.05) is 30.3 Å². The van der Waals surface area contributed by atoms with Crippen LogP contribution in [0.4, 0.5) is 11.4 Å². The standard InChI is InChI=1S/C23H25N3O3/c1-28-19-10-11-20(22(16-19)29-2)26-18-12-14-24-21(15-18)23(27)25-13-6-9-17-7-4-3-5-8-17/h3-5,7-8,10-12,14-16H,6,9,13H2,1-2H3,(H,24,26)(H,25,27). The lowest BCUT2D eigenvalue weighted by atomic mass is 10.1. The monoisotopic (exact) mass is 391 g/mol. The third kappa shape index (κ3) is 5.72. The minimum atomic E-state index is -0.191. The third-order valence-electron chi connectivity index (χ3n) is 4.45. The second-order valence-electron chi connectivity index (χ2n) is 6.47. The number of anilines is 2. The van der Waals surface area contributed by atoms with Crippen molar-refractivity contribution in [2.24, 2.45) is 0 Å². The Kier molecular flexibility index (Phi) is 7.05. The molecule has 0 saturated heterocycles.